The fraction of sp³-hybridized carbons (Fsp3) is 0.600. The number of hydrogen-bond donors (Lipinski definition) is 1. The van der Waals surface area contributed by atoms with E-state index in [-0.39, 0.29) is 5.95 Å². The van der Waals surface area contributed by atoms with Crippen molar-refractivity contribution < 1.29 is 0 Å². The van der Waals surface area contributed by atoms with Crippen molar-refractivity contribution in [1.82, 2.24) is 9.97 Å². The highest BCUT2D eigenvalue weighted by Gasteiger charge is 2.06. The topological polar surface area (TPSA) is 51.8 Å². The van der Waals surface area contributed by atoms with Crippen LogP contribution < -0.4 is 5.73 Å². The van der Waals surface area contributed by atoms with Crippen molar-refractivity contribution in [3.05, 3.63) is 16.4 Å². The molecule has 0 bridgehead atoms. The third kappa shape index (κ3) is 3.50. The third-order valence-corrected chi connectivity index (χ3v) is 1.99. The Bertz CT molecular complexity index is 264. The fourth-order valence-electron chi connectivity index (χ4n) is 1.12. The maximum atomic E-state index is 5.88. The number of rotatable bonds is 2. The van der Waals surface area contributed by atoms with Gasteiger partial charge in [0.05, 0.1) is 0 Å². The Hall–Kier alpha value is -0.830. The lowest BCUT2D eigenvalue weighted by Crippen LogP contribution is -2.02. The summed E-state index contributed by atoms with van der Waals surface area (Å²) in [7, 11) is 0. The zero-order valence-electron chi connectivity index (χ0n) is 9.26. The lowest BCUT2D eigenvalue weighted by atomic mass is 10.1. The molecule has 1 heterocycles. The number of aryl methyl sites for hydroxylation is 1. The highest BCUT2D eigenvalue weighted by molar-refractivity contribution is 6.30. The Balaban J connectivity index is 0.000000791. The molecule has 0 spiro atoms. The first-order valence-electron chi connectivity index (χ1n) is 4.93. The third-order valence-electron chi connectivity index (χ3n) is 1.68. The number of aromatic nitrogens is 2. The maximum Gasteiger partial charge on any atom is 0.221 e. The summed E-state index contributed by atoms with van der Waals surface area (Å²) in [6, 6.07) is 0. The average Bonchev–Trinajstić information content (AvgIpc) is 2.14. The number of anilines is 1. The molecule has 4 heteroatoms. The van der Waals surface area contributed by atoms with E-state index < -0.39 is 0 Å². The summed E-state index contributed by atoms with van der Waals surface area (Å²) in [4.78, 5) is 7.92. The molecule has 3 nitrogen and oxygen atoms in total. The van der Waals surface area contributed by atoms with Crippen LogP contribution in [0.25, 0.3) is 0 Å². The average molecular weight is 216 g/mol. The van der Waals surface area contributed by atoms with Crippen LogP contribution >= 0.6 is 11.6 Å². The molecule has 0 aromatic carbocycles. The molecule has 0 saturated heterocycles. The Morgan fingerprint density at radius 1 is 1.29 bits per heavy atom. The van der Waals surface area contributed by atoms with Gasteiger partial charge in [-0.05, 0) is 13.3 Å². The minimum Gasteiger partial charge on any atom is -0.368 e. The first-order valence-corrected chi connectivity index (χ1v) is 5.31. The molecular formula is C10H18ClN3. The summed E-state index contributed by atoms with van der Waals surface area (Å²) in [6.45, 7) is 7.99. The molecule has 0 amide bonds. The van der Waals surface area contributed by atoms with Crippen LogP contribution in [-0.2, 0) is 6.42 Å². The van der Waals surface area contributed by atoms with Crippen molar-refractivity contribution in [1.29, 1.82) is 0 Å². The number of nitrogen functional groups attached to an aromatic ring is 1. The van der Waals surface area contributed by atoms with Gasteiger partial charge in [-0.25, -0.2) is 9.97 Å². The summed E-state index contributed by atoms with van der Waals surface area (Å²) < 4.78 is 0. The van der Waals surface area contributed by atoms with Gasteiger partial charge >= 0.3 is 0 Å². The second kappa shape index (κ2) is 6.60. The Morgan fingerprint density at radius 2 is 1.86 bits per heavy atom. The number of nitrogens with two attached hydrogens (primary N) is 1. The lowest BCUT2D eigenvalue weighted by Gasteiger charge is -2.05. The second-order valence-electron chi connectivity index (χ2n) is 2.69. The Morgan fingerprint density at radius 3 is 2.29 bits per heavy atom. The van der Waals surface area contributed by atoms with E-state index >= 15 is 0 Å². The van der Waals surface area contributed by atoms with Gasteiger partial charge in [0, 0.05) is 11.3 Å². The predicted octanol–water partition coefficient (Wildman–Crippen LogP) is 3.00. The minimum absolute atomic E-state index is 0.248. The molecule has 0 fully saturated rings. The summed E-state index contributed by atoms with van der Waals surface area (Å²) >= 11 is 5.88. The van der Waals surface area contributed by atoms with Gasteiger partial charge in [0.15, 0.2) is 0 Å². The zero-order chi connectivity index (χ0) is 11.1. The molecule has 0 aliphatic heterocycles. The van der Waals surface area contributed by atoms with E-state index in [1.54, 1.807) is 0 Å². The van der Waals surface area contributed by atoms with Gasteiger partial charge in [-0.1, -0.05) is 38.8 Å². The highest BCUT2D eigenvalue weighted by atomic mass is 35.5. The minimum atomic E-state index is 0.248. The number of hydrogen-bond acceptors (Lipinski definition) is 3. The predicted molar refractivity (Wildman–Crippen MR) is 61.5 cm³/mol. The number of halogens is 1. The lowest BCUT2D eigenvalue weighted by molar-refractivity contribution is 0.886. The van der Waals surface area contributed by atoms with E-state index in [2.05, 4.69) is 16.9 Å². The van der Waals surface area contributed by atoms with Crippen LogP contribution in [0.15, 0.2) is 0 Å². The summed E-state index contributed by atoms with van der Waals surface area (Å²) in [5, 5.41) is 0.488. The van der Waals surface area contributed by atoms with E-state index in [0.717, 1.165) is 24.1 Å². The van der Waals surface area contributed by atoms with E-state index in [4.69, 9.17) is 17.3 Å². The first-order chi connectivity index (χ1) is 6.65. The van der Waals surface area contributed by atoms with Gasteiger partial charge < -0.3 is 5.73 Å². The molecule has 80 valence electrons. The monoisotopic (exact) mass is 215 g/mol. The van der Waals surface area contributed by atoms with E-state index in [9.17, 15) is 0 Å². The molecule has 2 N–H and O–H groups in total. The van der Waals surface area contributed by atoms with Crippen LogP contribution in [0.2, 0.25) is 5.15 Å². The summed E-state index contributed by atoms with van der Waals surface area (Å²) in [5.74, 6) is 0.248. The molecule has 1 rings (SSSR count). The van der Waals surface area contributed by atoms with Crippen LogP contribution in [0, 0.1) is 6.92 Å². The molecule has 0 aliphatic rings. The van der Waals surface area contributed by atoms with Crippen molar-refractivity contribution in [2.45, 2.75) is 40.5 Å². The molecule has 14 heavy (non-hydrogen) atoms. The van der Waals surface area contributed by atoms with Gasteiger partial charge in [0.2, 0.25) is 5.95 Å². The van der Waals surface area contributed by atoms with Crippen LogP contribution in [0.3, 0.4) is 0 Å². The van der Waals surface area contributed by atoms with Gasteiger partial charge in [0.1, 0.15) is 5.15 Å². The van der Waals surface area contributed by atoms with Crippen molar-refractivity contribution in [2.24, 2.45) is 0 Å². The van der Waals surface area contributed by atoms with E-state index in [1.807, 2.05) is 20.8 Å². The van der Waals surface area contributed by atoms with Crippen molar-refractivity contribution in [3.8, 4) is 0 Å². The van der Waals surface area contributed by atoms with Crippen molar-refractivity contribution >= 4 is 17.5 Å². The normalized spacial score (nSPS) is 9.21. The molecule has 1 aromatic heterocycles. The van der Waals surface area contributed by atoms with Crippen LogP contribution in [0.5, 0.6) is 0 Å². The molecule has 0 aliphatic carbocycles. The smallest absolute Gasteiger partial charge is 0.221 e. The molecule has 1 aromatic rings. The molecule has 0 saturated carbocycles. The standard InChI is InChI=1S/C8H12ClN3.C2H6/c1-3-4-6-5(2)11-8(10)12-7(6)9;1-2/h3-4H2,1-2H3,(H2,10,11,12);1-2H3. The van der Waals surface area contributed by atoms with Crippen LogP contribution in [-0.4, -0.2) is 9.97 Å². The number of nitrogens with zero attached hydrogens (tertiary/aromatic N) is 2. The first kappa shape index (κ1) is 13.2. The van der Waals surface area contributed by atoms with Gasteiger partial charge in [-0.2, -0.15) is 0 Å². The van der Waals surface area contributed by atoms with Crippen molar-refractivity contribution in [3.63, 3.8) is 0 Å². The van der Waals surface area contributed by atoms with Gasteiger partial charge in [-0.3, -0.25) is 0 Å². The highest BCUT2D eigenvalue weighted by Crippen LogP contribution is 2.18. The Kier molecular flexibility index (Phi) is 6.21. The summed E-state index contributed by atoms with van der Waals surface area (Å²) in [6.07, 6.45) is 1.94. The van der Waals surface area contributed by atoms with Crippen molar-refractivity contribution in [2.75, 3.05) is 5.73 Å². The molecule has 0 atom stereocenters. The second-order valence-corrected chi connectivity index (χ2v) is 3.04. The SMILES string of the molecule is CC.CCCc1c(C)nc(N)nc1Cl. The van der Waals surface area contributed by atoms with Crippen LogP contribution in [0.4, 0.5) is 5.95 Å². The largest absolute Gasteiger partial charge is 0.368 e. The quantitative estimate of drug-likeness (QED) is 0.772. The zero-order valence-corrected chi connectivity index (χ0v) is 10.0. The van der Waals surface area contributed by atoms with E-state index in [0.29, 0.717) is 5.15 Å². The maximum absolute atomic E-state index is 5.88. The molecular weight excluding hydrogens is 198 g/mol. The summed E-state index contributed by atoms with van der Waals surface area (Å²) in [5.41, 5.74) is 7.31. The molecule has 0 unspecified atom stereocenters. The van der Waals surface area contributed by atoms with Gasteiger partial charge in [0.25, 0.3) is 0 Å². The van der Waals surface area contributed by atoms with E-state index in [1.165, 1.54) is 0 Å². The fourth-order valence-corrected chi connectivity index (χ4v) is 1.43. The van der Waals surface area contributed by atoms with Crippen LogP contribution in [0.1, 0.15) is 38.4 Å². The Labute approximate surface area is 90.7 Å². The van der Waals surface area contributed by atoms with Gasteiger partial charge in [-0.15, -0.1) is 0 Å². The molecule has 0 radical (unpaired) electrons.